The minimum atomic E-state index is -0.546. The van der Waals surface area contributed by atoms with Crippen LogP contribution in [-0.4, -0.2) is 39.3 Å². The molecule has 1 fully saturated rings. The molecule has 2 atom stereocenters. The lowest BCUT2D eigenvalue weighted by Crippen LogP contribution is -2.61. The summed E-state index contributed by atoms with van der Waals surface area (Å²) in [5.41, 5.74) is 4.08. The van der Waals surface area contributed by atoms with Gasteiger partial charge in [0.15, 0.2) is 0 Å². The van der Waals surface area contributed by atoms with E-state index in [4.69, 9.17) is 5.26 Å². The number of imidazole rings is 1. The Morgan fingerprint density at radius 3 is 2.22 bits per heavy atom. The monoisotopic (exact) mass is 511 g/mol. The highest BCUT2D eigenvalue weighted by atomic mass is 35.5. The molecule has 186 valence electrons. The van der Waals surface area contributed by atoms with Gasteiger partial charge in [-0.1, -0.05) is 60.7 Å². The van der Waals surface area contributed by atoms with Gasteiger partial charge in [-0.15, -0.1) is 12.4 Å². The number of rotatable bonds is 7. The number of anilines is 1. The van der Waals surface area contributed by atoms with E-state index in [1.54, 1.807) is 34.5 Å². The largest absolute Gasteiger partial charge is 0.347 e. The van der Waals surface area contributed by atoms with Gasteiger partial charge in [0, 0.05) is 12.2 Å². The fraction of sp³-hybridized carbons (Fsp3) is 0.172. The topological polar surface area (TPSA) is 93.1 Å². The van der Waals surface area contributed by atoms with Gasteiger partial charge in [-0.3, -0.25) is 9.59 Å². The van der Waals surface area contributed by atoms with Crippen LogP contribution in [0.2, 0.25) is 0 Å². The molecule has 2 heterocycles. The zero-order valence-electron chi connectivity index (χ0n) is 20.0. The molecule has 2 amide bonds. The maximum absolute atomic E-state index is 13.8. The smallest absolute Gasteiger partial charge is 0.316 e. The lowest BCUT2D eigenvalue weighted by atomic mass is 9.94. The summed E-state index contributed by atoms with van der Waals surface area (Å²) in [6.45, 7) is 0.376. The highest BCUT2D eigenvalue weighted by molar-refractivity contribution is 6.41. The molecule has 0 aliphatic carbocycles. The van der Waals surface area contributed by atoms with Gasteiger partial charge in [0.1, 0.15) is 0 Å². The summed E-state index contributed by atoms with van der Waals surface area (Å²) < 4.78 is 0. The second-order valence-electron chi connectivity index (χ2n) is 8.84. The van der Waals surface area contributed by atoms with Crippen LogP contribution in [0.1, 0.15) is 28.4 Å². The Morgan fingerprint density at radius 1 is 0.919 bits per heavy atom. The number of nitriles is 1. The van der Waals surface area contributed by atoms with Crippen molar-refractivity contribution < 1.29 is 9.59 Å². The van der Waals surface area contributed by atoms with E-state index >= 15 is 0 Å². The molecule has 0 spiro atoms. The van der Waals surface area contributed by atoms with Gasteiger partial charge in [0.25, 0.3) is 0 Å². The van der Waals surface area contributed by atoms with Crippen molar-refractivity contribution in [2.75, 3.05) is 11.4 Å². The molecule has 4 aromatic rings. The molecule has 1 unspecified atom stereocenters. The van der Waals surface area contributed by atoms with Gasteiger partial charge < -0.3 is 14.8 Å². The Labute approximate surface area is 221 Å². The van der Waals surface area contributed by atoms with Crippen LogP contribution in [0.25, 0.3) is 0 Å². The van der Waals surface area contributed by atoms with Gasteiger partial charge in [-0.25, -0.2) is 4.98 Å². The number of H-pyrrole nitrogens is 1. The van der Waals surface area contributed by atoms with Crippen molar-refractivity contribution >= 4 is 29.9 Å². The van der Waals surface area contributed by atoms with Crippen molar-refractivity contribution in [3.8, 4) is 6.07 Å². The van der Waals surface area contributed by atoms with Gasteiger partial charge >= 0.3 is 11.8 Å². The fourth-order valence-electron chi connectivity index (χ4n) is 4.79. The van der Waals surface area contributed by atoms with Crippen LogP contribution in [0.15, 0.2) is 97.5 Å². The third-order valence-electron chi connectivity index (χ3n) is 6.56. The number of halogens is 1. The summed E-state index contributed by atoms with van der Waals surface area (Å²) in [7, 11) is 0. The molecule has 5 rings (SSSR count). The van der Waals surface area contributed by atoms with Crippen molar-refractivity contribution in [3.63, 3.8) is 0 Å². The lowest BCUT2D eigenvalue weighted by Gasteiger charge is -2.44. The average Bonchev–Trinajstić information content (AvgIpc) is 3.46. The van der Waals surface area contributed by atoms with E-state index in [0.29, 0.717) is 30.6 Å². The number of hydrogen-bond acceptors (Lipinski definition) is 4. The minimum Gasteiger partial charge on any atom is -0.347 e. The third kappa shape index (κ3) is 5.55. The van der Waals surface area contributed by atoms with Crippen molar-refractivity contribution in [2.45, 2.75) is 24.9 Å². The summed E-state index contributed by atoms with van der Waals surface area (Å²) >= 11 is 0. The first-order valence-electron chi connectivity index (χ1n) is 11.8. The van der Waals surface area contributed by atoms with Gasteiger partial charge in [-0.05, 0) is 48.2 Å². The molecular formula is C29H26ClN5O2. The molecule has 0 saturated carbocycles. The standard InChI is InChI=1S/C29H25N5O2.ClH/c30-17-23-13-11-22(12-14-23)16-27(26-18-31-20-32-26)34-25(15-21-7-3-1-4-8-21)19-33(28(35)29(34)36)24-9-5-2-6-10-24;/h1-14,18,20,25,27H,15-16,19H2,(H,31,32);1H/t25?,27-;/m0./s1. The number of carbonyl (C=O) groups excluding carboxylic acids is 2. The highest BCUT2D eigenvalue weighted by Crippen LogP contribution is 2.32. The maximum atomic E-state index is 13.8. The van der Waals surface area contributed by atoms with Crippen LogP contribution < -0.4 is 4.90 Å². The summed E-state index contributed by atoms with van der Waals surface area (Å²) in [4.78, 5) is 37.9. The molecule has 3 aromatic carbocycles. The number of hydrogen-bond donors (Lipinski definition) is 1. The van der Waals surface area contributed by atoms with E-state index in [-0.39, 0.29) is 18.4 Å². The molecule has 1 aliphatic rings. The molecule has 0 bridgehead atoms. The van der Waals surface area contributed by atoms with Gasteiger partial charge in [0.05, 0.1) is 41.9 Å². The first kappa shape index (κ1) is 25.7. The Balaban J connectivity index is 0.00000320. The lowest BCUT2D eigenvalue weighted by molar-refractivity contribution is -0.151. The Hall–Kier alpha value is -4.41. The Kier molecular flexibility index (Phi) is 8.02. The van der Waals surface area contributed by atoms with Crippen molar-refractivity contribution in [3.05, 3.63) is 120 Å². The molecular weight excluding hydrogens is 486 g/mol. The second-order valence-corrected chi connectivity index (χ2v) is 8.84. The Morgan fingerprint density at radius 2 is 1.59 bits per heavy atom. The molecule has 0 radical (unpaired) electrons. The predicted octanol–water partition coefficient (Wildman–Crippen LogP) is 4.47. The maximum Gasteiger partial charge on any atom is 0.316 e. The zero-order valence-corrected chi connectivity index (χ0v) is 20.8. The fourth-order valence-corrected chi connectivity index (χ4v) is 4.79. The number of amides is 2. The number of benzene rings is 3. The van der Waals surface area contributed by atoms with Crippen molar-refractivity contribution in [2.24, 2.45) is 0 Å². The van der Waals surface area contributed by atoms with Crippen LogP contribution in [0, 0.1) is 11.3 Å². The number of carbonyl (C=O) groups is 2. The molecule has 1 aliphatic heterocycles. The average molecular weight is 512 g/mol. The van der Waals surface area contributed by atoms with Crippen LogP contribution in [-0.2, 0) is 22.4 Å². The van der Waals surface area contributed by atoms with Crippen molar-refractivity contribution in [1.29, 1.82) is 5.26 Å². The second kappa shape index (κ2) is 11.5. The molecule has 1 N–H and O–H groups in total. The van der Waals surface area contributed by atoms with Crippen LogP contribution in [0.3, 0.4) is 0 Å². The minimum absolute atomic E-state index is 0. The number of nitrogens with one attached hydrogen (secondary N) is 1. The van der Waals surface area contributed by atoms with Crippen LogP contribution in [0.4, 0.5) is 5.69 Å². The molecule has 1 aromatic heterocycles. The van der Waals surface area contributed by atoms with Crippen LogP contribution in [0.5, 0.6) is 0 Å². The van der Waals surface area contributed by atoms with Crippen molar-refractivity contribution in [1.82, 2.24) is 14.9 Å². The van der Waals surface area contributed by atoms with Gasteiger partial charge in [-0.2, -0.15) is 5.26 Å². The van der Waals surface area contributed by atoms with Gasteiger partial charge in [0.2, 0.25) is 0 Å². The quantitative estimate of drug-likeness (QED) is 0.370. The van der Waals surface area contributed by atoms with E-state index in [1.807, 2.05) is 72.8 Å². The predicted molar refractivity (Wildman–Crippen MR) is 143 cm³/mol. The summed E-state index contributed by atoms with van der Waals surface area (Å²) in [5, 5.41) is 9.16. The molecule has 7 nitrogen and oxygen atoms in total. The summed E-state index contributed by atoms with van der Waals surface area (Å²) in [6, 6.07) is 28.1. The molecule has 1 saturated heterocycles. The highest BCUT2D eigenvalue weighted by Gasteiger charge is 2.43. The van der Waals surface area contributed by atoms with E-state index in [0.717, 1.165) is 16.8 Å². The van der Waals surface area contributed by atoms with E-state index in [9.17, 15) is 9.59 Å². The third-order valence-corrected chi connectivity index (χ3v) is 6.56. The Bertz CT molecular complexity index is 1370. The first-order valence-corrected chi connectivity index (χ1v) is 11.8. The molecule has 8 heteroatoms. The van der Waals surface area contributed by atoms with E-state index < -0.39 is 17.9 Å². The molecule has 37 heavy (non-hydrogen) atoms. The number of piperazine rings is 1. The SMILES string of the molecule is Cl.N#Cc1ccc(C[C@@H](c2cnc[nH]2)N2C(=O)C(=O)N(c3ccccc3)CC2Cc2ccccc2)cc1. The summed E-state index contributed by atoms with van der Waals surface area (Å²) in [5.74, 6) is -1.09. The summed E-state index contributed by atoms with van der Waals surface area (Å²) in [6.07, 6.45) is 4.36. The number of aromatic nitrogens is 2. The van der Waals surface area contributed by atoms with E-state index in [2.05, 4.69) is 16.0 Å². The number of aromatic amines is 1. The number of nitrogens with zero attached hydrogens (tertiary/aromatic N) is 4. The zero-order chi connectivity index (χ0) is 24.9. The first-order chi connectivity index (χ1) is 17.6. The van der Waals surface area contributed by atoms with Crippen LogP contribution >= 0.6 is 12.4 Å². The number of para-hydroxylation sites is 1. The normalized spacial score (nSPS) is 16.1. The van der Waals surface area contributed by atoms with E-state index in [1.165, 1.54) is 0 Å².